The monoisotopic (exact) mass is 385 g/mol. The fourth-order valence-corrected chi connectivity index (χ4v) is 3.03. The molecule has 3 N–H and O–H groups in total. The van der Waals surface area contributed by atoms with Crippen molar-refractivity contribution in [2.75, 3.05) is 13.1 Å². The second kappa shape index (κ2) is 7.27. The Bertz CT molecular complexity index is 667. The van der Waals surface area contributed by atoms with Crippen LogP contribution in [-0.4, -0.2) is 52.0 Å². The number of halogens is 1. The zero-order valence-electron chi connectivity index (χ0n) is 13.1. The number of amides is 1. The zero-order valence-corrected chi connectivity index (χ0v) is 14.6. The van der Waals surface area contributed by atoms with Gasteiger partial charge in [-0.2, -0.15) is 0 Å². The van der Waals surface area contributed by atoms with Crippen LogP contribution in [0.25, 0.3) is 0 Å². The van der Waals surface area contributed by atoms with Crippen LogP contribution in [0.1, 0.15) is 35.8 Å². The molecule has 0 atom stereocenters. The first-order chi connectivity index (χ1) is 10.8. The molecule has 1 aromatic heterocycles. The second-order valence-corrected chi connectivity index (χ2v) is 6.59. The first kappa shape index (κ1) is 17.7. The molecule has 0 radical (unpaired) electrons. The van der Waals surface area contributed by atoms with Gasteiger partial charge in [-0.3, -0.25) is 19.3 Å². The molecule has 1 fully saturated rings. The fourth-order valence-electron chi connectivity index (χ4n) is 2.71. The number of hydrogen-bond acceptors (Lipinski definition) is 4. The lowest BCUT2D eigenvalue weighted by atomic mass is 9.85. The minimum atomic E-state index is -0.852. The molecule has 126 valence electrons. The molecule has 2 rings (SSSR count). The zero-order chi connectivity index (χ0) is 17.1. The summed E-state index contributed by atoms with van der Waals surface area (Å²) in [6.07, 6.45) is 1.38. The van der Waals surface area contributed by atoms with E-state index in [2.05, 4.69) is 26.2 Å². The quantitative estimate of drug-likeness (QED) is 0.680. The lowest BCUT2D eigenvalue weighted by molar-refractivity contribution is -0.139. The van der Waals surface area contributed by atoms with E-state index in [-0.39, 0.29) is 24.2 Å². The maximum absolute atomic E-state index is 12.2. The Morgan fingerprint density at radius 1 is 1.48 bits per heavy atom. The van der Waals surface area contributed by atoms with Crippen molar-refractivity contribution in [2.24, 2.45) is 0 Å². The maximum Gasteiger partial charge on any atom is 0.317 e. The van der Waals surface area contributed by atoms with Crippen LogP contribution in [0.5, 0.6) is 0 Å². The van der Waals surface area contributed by atoms with Gasteiger partial charge in [0.05, 0.1) is 6.54 Å². The van der Waals surface area contributed by atoms with Crippen molar-refractivity contribution in [1.29, 1.82) is 0 Å². The maximum atomic E-state index is 12.2. The van der Waals surface area contributed by atoms with Crippen molar-refractivity contribution >= 4 is 27.8 Å². The highest BCUT2D eigenvalue weighted by atomic mass is 79.9. The van der Waals surface area contributed by atoms with Gasteiger partial charge in [-0.1, -0.05) is 6.92 Å². The summed E-state index contributed by atoms with van der Waals surface area (Å²) in [5, 5.41) is 11.7. The number of carboxylic acid groups (broad SMARTS) is 1. The number of carboxylic acids is 1. The number of H-pyrrole nitrogens is 1. The van der Waals surface area contributed by atoms with Gasteiger partial charge >= 0.3 is 5.97 Å². The number of carbonyl (C=O) groups is 2. The van der Waals surface area contributed by atoms with Gasteiger partial charge < -0.3 is 15.4 Å². The molecule has 1 aliphatic carbocycles. The Morgan fingerprint density at radius 2 is 2.13 bits per heavy atom. The van der Waals surface area contributed by atoms with Crippen LogP contribution in [-0.2, 0) is 4.79 Å². The largest absolute Gasteiger partial charge is 0.480 e. The summed E-state index contributed by atoms with van der Waals surface area (Å²) >= 11 is 3.29. The molecular weight excluding hydrogens is 366 g/mol. The van der Waals surface area contributed by atoms with Crippen molar-refractivity contribution in [2.45, 2.75) is 38.8 Å². The highest BCUT2D eigenvalue weighted by Crippen LogP contribution is 2.25. The van der Waals surface area contributed by atoms with Gasteiger partial charge in [-0.25, -0.2) is 0 Å². The minimum Gasteiger partial charge on any atom is -0.480 e. The smallest absolute Gasteiger partial charge is 0.317 e. The molecule has 1 heterocycles. The van der Waals surface area contributed by atoms with Crippen LogP contribution in [0.2, 0.25) is 0 Å². The molecule has 1 amide bonds. The molecule has 0 saturated heterocycles. The van der Waals surface area contributed by atoms with Gasteiger partial charge in [-0.05, 0) is 48.3 Å². The molecule has 1 saturated carbocycles. The Kier molecular flexibility index (Phi) is 5.59. The number of rotatable bonds is 6. The van der Waals surface area contributed by atoms with Gasteiger partial charge in [-0.15, -0.1) is 0 Å². The normalized spacial score (nSPS) is 20.2. The molecule has 0 aliphatic heterocycles. The fraction of sp³-hybridized carbons (Fsp3) is 0.533. The number of aromatic nitrogens is 1. The number of aliphatic carboxylic acids is 1. The van der Waals surface area contributed by atoms with Crippen LogP contribution < -0.4 is 10.9 Å². The molecule has 0 aromatic carbocycles. The number of aromatic amines is 1. The van der Waals surface area contributed by atoms with E-state index >= 15 is 0 Å². The summed E-state index contributed by atoms with van der Waals surface area (Å²) in [7, 11) is 0. The van der Waals surface area contributed by atoms with Crippen LogP contribution >= 0.6 is 15.9 Å². The molecular formula is C15H20BrN3O4. The van der Waals surface area contributed by atoms with Crippen LogP contribution in [0.4, 0.5) is 0 Å². The Balaban J connectivity index is 1.93. The lowest BCUT2D eigenvalue weighted by Gasteiger charge is -2.42. The summed E-state index contributed by atoms with van der Waals surface area (Å²) in [4.78, 5) is 39.3. The second-order valence-electron chi connectivity index (χ2n) is 5.74. The van der Waals surface area contributed by atoms with Gasteiger partial charge in [0.1, 0.15) is 5.56 Å². The Morgan fingerprint density at radius 3 is 2.70 bits per heavy atom. The number of pyridine rings is 1. The molecule has 8 heteroatoms. The predicted octanol–water partition coefficient (Wildman–Crippen LogP) is 1.11. The van der Waals surface area contributed by atoms with E-state index in [4.69, 9.17) is 5.11 Å². The molecule has 1 aromatic rings. The molecule has 7 nitrogen and oxygen atoms in total. The third-order valence-corrected chi connectivity index (χ3v) is 4.95. The standard InChI is InChI=1S/C15H20BrN3O4/c1-3-19(7-13(20)21)10-4-9(5-10)18-15(23)11-6-12(16)8(2)17-14(11)22/h6,9-10H,3-5,7H2,1-2H3,(H,17,22)(H,18,23)(H,20,21). The summed E-state index contributed by atoms with van der Waals surface area (Å²) in [6, 6.07) is 1.64. The number of hydrogen-bond donors (Lipinski definition) is 3. The third-order valence-electron chi connectivity index (χ3n) is 4.13. The molecule has 23 heavy (non-hydrogen) atoms. The van der Waals surface area contributed by atoms with E-state index in [0.29, 0.717) is 29.6 Å². The van der Waals surface area contributed by atoms with Crippen molar-refractivity contribution < 1.29 is 14.7 Å². The van der Waals surface area contributed by atoms with Crippen molar-refractivity contribution in [3.63, 3.8) is 0 Å². The van der Waals surface area contributed by atoms with Crippen molar-refractivity contribution in [3.8, 4) is 0 Å². The van der Waals surface area contributed by atoms with E-state index in [1.165, 1.54) is 6.07 Å². The molecule has 0 spiro atoms. The van der Waals surface area contributed by atoms with Gasteiger partial charge in [0.2, 0.25) is 0 Å². The summed E-state index contributed by atoms with van der Waals surface area (Å²) in [5.74, 6) is -1.26. The highest BCUT2D eigenvalue weighted by molar-refractivity contribution is 9.10. The van der Waals surface area contributed by atoms with Crippen LogP contribution in [0.3, 0.4) is 0 Å². The van der Waals surface area contributed by atoms with Gasteiger partial charge in [0, 0.05) is 22.3 Å². The number of nitrogens with zero attached hydrogens (tertiary/aromatic N) is 1. The summed E-state index contributed by atoms with van der Waals surface area (Å²) in [6.45, 7) is 4.32. The third kappa shape index (κ3) is 4.20. The van der Waals surface area contributed by atoms with Crippen molar-refractivity contribution in [3.05, 3.63) is 32.2 Å². The topological polar surface area (TPSA) is 102 Å². The van der Waals surface area contributed by atoms with E-state index < -0.39 is 17.4 Å². The Hall–Kier alpha value is -1.67. The number of aryl methyl sites for hydroxylation is 1. The highest BCUT2D eigenvalue weighted by Gasteiger charge is 2.35. The summed E-state index contributed by atoms with van der Waals surface area (Å²) in [5.41, 5.74) is 0.325. The lowest BCUT2D eigenvalue weighted by Crippen LogP contribution is -2.55. The number of carbonyl (C=O) groups excluding carboxylic acids is 1. The van der Waals surface area contributed by atoms with E-state index in [1.807, 2.05) is 11.8 Å². The van der Waals surface area contributed by atoms with Crippen LogP contribution in [0, 0.1) is 6.92 Å². The van der Waals surface area contributed by atoms with E-state index in [0.717, 1.165) is 0 Å². The van der Waals surface area contributed by atoms with Crippen molar-refractivity contribution in [1.82, 2.24) is 15.2 Å². The average Bonchev–Trinajstić information content (AvgIpc) is 2.43. The Labute approximate surface area is 142 Å². The first-order valence-electron chi connectivity index (χ1n) is 7.48. The first-order valence-corrected chi connectivity index (χ1v) is 8.27. The SMILES string of the molecule is CCN(CC(=O)O)C1CC(NC(=O)c2cc(Br)c(C)[nH]c2=O)C1. The average molecular weight is 386 g/mol. The van der Waals surface area contributed by atoms with E-state index in [9.17, 15) is 14.4 Å². The number of nitrogens with one attached hydrogen (secondary N) is 2. The molecule has 0 bridgehead atoms. The van der Waals surface area contributed by atoms with Crippen LogP contribution in [0.15, 0.2) is 15.3 Å². The van der Waals surface area contributed by atoms with Gasteiger partial charge in [0.15, 0.2) is 0 Å². The predicted molar refractivity (Wildman–Crippen MR) is 88.7 cm³/mol. The molecule has 0 unspecified atom stereocenters. The molecule has 1 aliphatic rings. The minimum absolute atomic E-state index is 0.00636. The van der Waals surface area contributed by atoms with Gasteiger partial charge in [0.25, 0.3) is 11.5 Å². The van der Waals surface area contributed by atoms with E-state index in [1.54, 1.807) is 6.92 Å². The summed E-state index contributed by atoms with van der Waals surface area (Å²) < 4.78 is 0.673. The number of likely N-dealkylation sites (N-methyl/N-ethyl adjacent to an activating group) is 1.